The van der Waals surface area contributed by atoms with Crippen LogP contribution in [0.4, 0.5) is 0 Å². The van der Waals surface area contributed by atoms with E-state index in [1.54, 1.807) is 12.6 Å². The molecule has 0 spiro atoms. The molecule has 0 radical (unpaired) electrons. The number of methoxy groups -OCH3 is 1. The van der Waals surface area contributed by atoms with Gasteiger partial charge in [0.05, 0.1) is 18.3 Å². The molecule has 0 bridgehead atoms. The van der Waals surface area contributed by atoms with Gasteiger partial charge in [-0.1, -0.05) is 11.3 Å². The highest BCUT2D eigenvalue weighted by Crippen LogP contribution is 2.20. The average Bonchev–Trinajstić information content (AvgIpc) is 2.14. The summed E-state index contributed by atoms with van der Waals surface area (Å²) >= 11 is 1.52. The molecule has 0 aliphatic rings. The lowest BCUT2D eigenvalue weighted by atomic mass is 10.6. The van der Waals surface area contributed by atoms with Crippen LogP contribution >= 0.6 is 11.3 Å². The highest BCUT2D eigenvalue weighted by Gasteiger charge is 1.96. The van der Waals surface area contributed by atoms with Crippen LogP contribution in [-0.4, -0.2) is 12.1 Å². The molecule has 0 atom stereocenters. The van der Waals surface area contributed by atoms with Crippen LogP contribution in [0.15, 0.2) is 5.51 Å². The number of aryl methyl sites for hydroxylation is 1. The Bertz CT molecular complexity index is 173. The molecule has 0 saturated carbocycles. The summed E-state index contributed by atoms with van der Waals surface area (Å²) in [5.41, 5.74) is 2.74. The highest BCUT2D eigenvalue weighted by molar-refractivity contribution is 7.11. The Hall–Kier alpha value is -0.570. The summed E-state index contributed by atoms with van der Waals surface area (Å²) in [6.07, 6.45) is 0. The third-order valence-electron chi connectivity index (χ3n) is 0.887. The van der Waals surface area contributed by atoms with E-state index < -0.39 is 0 Å². The molecule has 1 aromatic heterocycles. The predicted molar refractivity (Wildman–Crippen MR) is 33.4 cm³/mol. The van der Waals surface area contributed by atoms with Crippen LogP contribution in [0.2, 0.25) is 0 Å². The van der Waals surface area contributed by atoms with Gasteiger partial charge in [-0.3, -0.25) is 0 Å². The van der Waals surface area contributed by atoms with Crippen molar-refractivity contribution in [2.45, 2.75) is 6.92 Å². The van der Waals surface area contributed by atoms with Crippen molar-refractivity contribution >= 4 is 11.3 Å². The second kappa shape index (κ2) is 2.13. The van der Waals surface area contributed by atoms with E-state index in [9.17, 15) is 0 Å². The van der Waals surface area contributed by atoms with Gasteiger partial charge in [-0.05, 0) is 6.92 Å². The predicted octanol–water partition coefficient (Wildman–Crippen LogP) is 1.46. The first-order chi connectivity index (χ1) is 3.84. The van der Waals surface area contributed by atoms with E-state index in [0.717, 1.165) is 10.8 Å². The van der Waals surface area contributed by atoms with Crippen molar-refractivity contribution in [2.24, 2.45) is 0 Å². The summed E-state index contributed by atoms with van der Waals surface area (Å²) in [6.45, 7) is 1.93. The molecule has 0 saturated heterocycles. The second-order valence-corrected chi connectivity index (χ2v) is 2.25. The molecule has 0 aliphatic heterocycles. The van der Waals surface area contributed by atoms with E-state index in [4.69, 9.17) is 4.74 Å². The first-order valence-electron chi connectivity index (χ1n) is 2.28. The number of thiazole rings is 1. The molecule has 0 fully saturated rings. The monoisotopic (exact) mass is 129 g/mol. The molecule has 8 heavy (non-hydrogen) atoms. The largest absolute Gasteiger partial charge is 0.486 e. The molecule has 0 unspecified atom stereocenters. The Kier molecular flexibility index (Phi) is 1.48. The molecule has 3 heteroatoms. The second-order valence-electron chi connectivity index (χ2n) is 1.43. The van der Waals surface area contributed by atoms with Gasteiger partial charge in [0.15, 0.2) is 5.06 Å². The summed E-state index contributed by atoms with van der Waals surface area (Å²) in [7, 11) is 1.65. The van der Waals surface area contributed by atoms with E-state index in [1.807, 2.05) is 6.92 Å². The lowest BCUT2D eigenvalue weighted by molar-refractivity contribution is 0.423. The van der Waals surface area contributed by atoms with Crippen molar-refractivity contribution < 1.29 is 4.74 Å². The third kappa shape index (κ3) is 0.816. The number of hydrogen-bond acceptors (Lipinski definition) is 3. The van der Waals surface area contributed by atoms with Crippen molar-refractivity contribution in [1.29, 1.82) is 0 Å². The maximum atomic E-state index is 4.94. The van der Waals surface area contributed by atoms with E-state index in [0.29, 0.717) is 0 Å². The minimum Gasteiger partial charge on any atom is -0.486 e. The molecule has 1 heterocycles. The fraction of sp³-hybridized carbons (Fsp3) is 0.400. The normalized spacial score (nSPS) is 9.25. The number of rotatable bonds is 1. The van der Waals surface area contributed by atoms with Crippen LogP contribution in [0.5, 0.6) is 5.06 Å². The Morgan fingerprint density at radius 1 is 1.75 bits per heavy atom. The molecule has 44 valence electrons. The van der Waals surface area contributed by atoms with E-state index in [1.165, 1.54) is 11.3 Å². The van der Waals surface area contributed by atoms with Gasteiger partial charge < -0.3 is 4.74 Å². The molecule has 0 aromatic carbocycles. The Morgan fingerprint density at radius 3 is 2.75 bits per heavy atom. The fourth-order valence-electron chi connectivity index (χ4n) is 0.487. The summed E-state index contributed by atoms with van der Waals surface area (Å²) < 4.78 is 4.94. The van der Waals surface area contributed by atoms with Crippen LogP contribution in [0.25, 0.3) is 0 Å². The molecule has 2 nitrogen and oxygen atoms in total. The van der Waals surface area contributed by atoms with Crippen molar-refractivity contribution in [3.05, 3.63) is 11.2 Å². The standard InChI is InChI=1S/C5H7NOS/c1-4-5(7-2)8-3-6-4/h3H,1-2H3. The summed E-state index contributed by atoms with van der Waals surface area (Å²) in [5.74, 6) is 0. The minimum atomic E-state index is 0.907. The SMILES string of the molecule is COc1scnc1C. The fourth-order valence-corrected chi connectivity index (χ4v) is 1.11. The molecule has 1 aromatic rings. The number of ether oxygens (including phenoxy) is 1. The topological polar surface area (TPSA) is 22.1 Å². The van der Waals surface area contributed by atoms with Crippen molar-refractivity contribution in [3.63, 3.8) is 0 Å². The Balaban J connectivity index is 2.92. The maximum absolute atomic E-state index is 4.94. The molecule has 1 rings (SSSR count). The zero-order chi connectivity index (χ0) is 5.98. The van der Waals surface area contributed by atoms with Crippen LogP contribution in [-0.2, 0) is 0 Å². The average molecular weight is 129 g/mol. The van der Waals surface area contributed by atoms with Gasteiger partial charge in [0, 0.05) is 0 Å². The lowest BCUT2D eigenvalue weighted by Crippen LogP contribution is -1.79. The molecular formula is C5H7NOS. The Labute approximate surface area is 52.1 Å². The van der Waals surface area contributed by atoms with Gasteiger partial charge >= 0.3 is 0 Å². The minimum absolute atomic E-state index is 0.907. The molecular weight excluding hydrogens is 122 g/mol. The van der Waals surface area contributed by atoms with Crippen molar-refractivity contribution in [1.82, 2.24) is 4.98 Å². The van der Waals surface area contributed by atoms with Gasteiger partial charge in [-0.2, -0.15) is 0 Å². The Morgan fingerprint density at radius 2 is 2.50 bits per heavy atom. The molecule has 0 aliphatic carbocycles. The maximum Gasteiger partial charge on any atom is 0.196 e. The molecule has 0 N–H and O–H groups in total. The van der Waals surface area contributed by atoms with Crippen LogP contribution in [0, 0.1) is 6.92 Å². The first kappa shape index (κ1) is 5.56. The molecule has 0 amide bonds. The first-order valence-corrected chi connectivity index (χ1v) is 3.16. The van der Waals surface area contributed by atoms with Crippen LogP contribution < -0.4 is 4.74 Å². The van der Waals surface area contributed by atoms with E-state index >= 15 is 0 Å². The number of nitrogens with zero attached hydrogens (tertiary/aromatic N) is 1. The number of hydrogen-bond donors (Lipinski definition) is 0. The van der Waals surface area contributed by atoms with E-state index in [-0.39, 0.29) is 0 Å². The van der Waals surface area contributed by atoms with Crippen molar-refractivity contribution in [2.75, 3.05) is 7.11 Å². The van der Waals surface area contributed by atoms with Gasteiger partial charge in [0.25, 0.3) is 0 Å². The third-order valence-corrected chi connectivity index (χ3v) is 1.77. The van der Waals surface area contributed by atoms with E-state index in [2.05, 4.69) is 4.98 Å². The summed E-state index contributed by atoms with van der Waals surface area (Å²) in [5, 5.41) is 0.907. The zero-order valence-electron chi connectivity index (χ0n) is 4.84. The quantitative estimate of drug-likeness (QED) is 0.572. The van der Waals surface area contributed by atoms with Crippen LogP contribution in [0.1, 0.15) is 5.69 Å². The smallest absolute Gasteiger partial charge is 0.196 e. The van der Waals surface area contributed by atoms with Crippen molar-refractivity contribution in [3.8, 4) is 5.06 Å². The summed E-state index contributed by atoms with van der Waals surface area (Å²) in [6, 6.07) is 0. The summed E-state index contributed by atoms with van der Waals surface area (Å²) in [4.78, 5) is 3.98. The van der Waals surface area contributed by atoms with Crippen LogP contribution in [0.3, 0.4) is 0 Å². The van der Waals surface area contributed by atoms with Gasteiger partial charge in [-0.15, -0.1) is 0 Å². The van der Waals surface area contributed by atoms with Gasteiger partial charge in [0.2, 0.25) is 0 Å². The number of aromatic nitrogens is 1. The van der Waals surface area contributed by atoms with Gasteiger partial charge in [-0.25, -0.2) is 4.98 Å². The highest BCUT2D eigenvalue weighted by atomic mass is 32.1. The van der Waals surface area contributed by atoms with Gasteiger partial charge in [0.1, 0.15) is 0 Å². The lowest BCUT2D eigenvalue weighted by Gasteiger charge is -1.90. The zero-order valence-corrected chi connectivity index (χ0v) is 5.66.